The van der Waals surface area contributed by atoms with Crippen molar-refractivity contribution in [2.24, 2.45) is 0 Å². The zero-order chi connectivity index (χ0) is 17.2. The number of non-ortho nitro benzene ring substituents is 1. The summed E-state index contributed by atoms with van der Waals surface area (Å²) in [7, 11) is -4.91. The van der Waals surface area contributed by atoms with Gasteiger partial charge in [0, 0.05) is 17.2 Å². The summed E-state index contributed by atoms with van der Waals surface area (Å²) >= 11 is 11.7. The number of benzene rings is 2. The molecule has 0 aliphatic rings. The fourth-order valence-electron chi connectivity index (χ4n) is 1.82. The number of hydrogen-bond donors (Lipinski definition) is 0. The zero-order valence-electron chi connectivity index (χ0n) is 11.2. The molecule has 9 heteroatoms. The Balaban J connectivity index is 2.45. The third-order valence-electron chi connectivity index (χ3n) is 2.87. The topological polar surface area (TPSA) is 77.3 Å². The van der Waals surface area contributed by atoms with E-state index in [4.69, 9.17) is 23.2 Å². The zero-order valence-corrected chi connectivity index (χ0v) is 13.6. The molecular formula is C14H8Cl2FNO4S. The first-order valence-corrected chi connectivity index (χ1v) is 8.18. The molecule has 0 atom stereocenters. The smallest absolute Gasteiger partial charge is 0.258 e. The Morgan fingerprint density at radius 1 is 1.04 bits per heavy atom. The van der Waals surface area contributed by atoms with Crippen LogP contribution in [0, 0.1) is 10.1 Å². The van der Waals surface area contributed by atoms with Gasteiger partial charge in [0.05, 0.1) is 9.95 Å². The first-order valence-electron chi connectivity index (χ1n) is 6.05. The summed E-state index contributed by atoms with van der Waals surface area (Å²) in [5, 5.41) is 11.0. The van der Waals surface area contributed by atoms with Gasteiger partial charge in [0.15, 0.2) is 0 Å². The van der Waals surface area contributed by atoms with Crippen molar-refractivity contribution in [2.75, 3.05) is 0 Å². The van der Waals surface area contributed by atoms with Gasteiger partial charge in [-0.15, -0.1) is 3.89 Å². The van der Waals surface area contributed by atoms with Crippen LogP contribution in [0.1, 0.15) is 11.1 Å². The average Bonchev–Trinajstić information content (AvgIpc) is 2.44. The highest BCUT2D eigenvalue weighted by molar-refractivity contribution is 7.86. The monoisotopic (exact) mass is 375 g/mol. The molecule has 120 valence electrons. The summed E-state index contributed by atoms with van der Waals surface area (Å²) in [5.74, 6) is 0. The maximum absolute atomic E-state index is 13.3. The highest BCUT2D eigenvalue weighted by atomic mass is 35.5. The molecule has 0 aliphatic carbocycles. The second-order valence-electron chi connectivity index (χ2n) is 4.42. The Bertz CT molecular complexity index is 913. The highest BCUT2D eigenvalue weighted by Crippen LogP contribution is 2.27. The van der Waals surface area contributed by atoms with Crippen LogP contribution in [0.2, 0.25) is 10.0 Å². The van der Waals surface area contributed by atoms with Gasteiger partial charge in [0.2, 0.25) is 0 Å². The summed E-state index contributed by atoms with van der Waals surface area (Å²) < 4.78 is 35.5. The van der Waals surface area contributed by atoms with Crippen molar-refractivity contribution in [1.29, 1.82) is 0 Å². The van der Waals surface area contributed by atoms with E-state index in [9.17, 15) is 22.4 Å². The van der Waals surface area contributed by atoms with Gasteiger partial charge >= 0.3 is 10.2 Å². The molecule has 0 saturated carbocycles. The minimum absolute atomic E-state index is 0.0365. The molecule has 0 bridgehead atoms. The Labute approximate surface area is 141 Å². The first kappa shape index (κ1) is 17.4. The lowest BCUT2D eigenvalue weighted by atomic mass is 10.1. The molecule has 23 heavy (non-hydrogen) atoms. The molecule has 2 aromatic rings. The molecule has 2 aromatic carbocycles. The van der Waals surface area contributed by atoms with Crippen molar-refractivity contribution in [3.63, 3.8) is 0 Å². The van der Waals surface area contributed by atoms with Crippen molar-refractivity contribution in [2.45, 2.75) is 4.90 Å². The molecule has 0 fully saturated rings. The second-order valence-corrected chi connectivity index (χ2v) is 6.58. The summed E-state index contributed by atoms with van der Waals surface area (Å²) in [5.41, 5.74) is 0.260. The van der Waals surface area contributed by atoms with Crippen LogP contribution in [0.5, 0.6) is 0 Å². The SMILES string of the molecule is O=[N+]([O-])c1ccc(/C=C/c2cc(Cl)ccc2S(=O)(=O)F)c(Cl)c1. The number of nitro groups is 1. The number of nitro benzene ring substituents is 1. The molecule has 0 radical (unpaired) electrons. The molecule has 0 unspecified atom stereocenters. The van der Waals surface area contributed by atoms with Gasteiger partial charge in [0.1, 0.15) is 4.90 Å². The molecule has 2 rings (SSSR count). The summed E-state index contributed by atoms with van der Waals surface area (Å²) in [6.45, 7) is 0. The molecule has 5 nitrogen and oxygen atoms in total. The van der Waals surface area contributed by atoms with Gasteiger partial charge in [-0.1, -0.05) is 35.4 Å². The predicted octanol–water partition coefficient (Wildman–Crippen LogP) is 4.73. The largest absolute Gasteiger partial charge is 0.332 e. The average molecular weight is 376 g/mol. The minimum Gasteiger partial charge on any atom is -0.258 e. The quantitative estimate of drug-likeness (QED) is 0.335. The van der Waals surface area contributed by atoms with Crippen molar-refractivity contribution in [3.05, 3.63) is 67.7 Å². The third-order valence-corrected chi connectivity index (χ3v) is 4.33. The van der Waals surface area contributed by atoms with E-state index in [2.05, 4.69) is 0 Å². The van der Waals surface area contributed by atoms with Gasteiger partial charge in [-0.05, 0) is 35.4 Å². The van der Waals surface area contributed by atoms with Crippen molar-refractivity contribution in [3.8, 4) is 0 Å². The van der Waals surface area contributed by atoms with Gasteiger partial charge in [-0.25, -0.2) is 0 Å². The van der Waals surface area contributed by atoms with E-state index in [1.807, 2.05) is 0 Å². The standard InChI is InChI=1S/C14H8Cl2FNO4S/c15-11-4-6-14(23(17,21)22)10(7-11)2-1-9-3-5-12(18(19)20)8-13(9)16/h1-8H/b2-1+. The summed E-state index contributed by atoms with van der Waals surface area (Å²) in [6.07, 6.45) is 2.72. The van der Waals surface area contributed by atoms with E-state index >= 15 is 0 Å². The summed E-state index contributed by atoms with van der Waals surface area (Å²) in [4.78, 5) is 9.52. The van der Waals surface area contributed by atoms with Crippen LogP contribution in [0.25, 0.3) is 12.2 Å². The fraction of sp³-hybridized carbons (Fsp3) is 0. The van der Waals surface area contributed by atoms with Crippen LogP contribution in [0.4, 0.5) is 9.57 Å². The lowest BCUT2D eigenvalue weighted by molar-refractivity contribution is -0.384. The van der Waals surface area contributed by atoms with Gasteiger partial charge in [-0.3, -0.25) is 10.1 Å². The molecular weight excluding hydrogens is 368 g/mol. The fourth-order valence-corrected chi connectivity index (χ4v) is 2.87. The van der Waals surface area contributed by atoms with Crippen LogP contribution < -0.4 is 0 Å². The van der Waals surface area contributed by atoms with Crippen LogP contribution in [-0.4, -0.2) is 13.3 Å². The molecule has 0 amide bonds. The molecule has 0 aromatic heterocycles. The van der Waals surface area contributed by atoms with E-state index in [1.54, 1.807) is 0 Å². The summed E-state index contributed by atoms with van der Waals surface area (Å²) in [6, 6.07) is 7.39. The molecule has 0 aliphatic heterocycles. The van der Waals surface area contributed by atoms with Crippen molar-refractivity contribution in [1.82, 2.24) is 0 Å². The highest BCUT2D eigenvalue weighted by Gasteiger charge is 2.16. The van der Waals surface area contributed by atoms with E-state index in [1.165, 1.54) is 36.4 Å². The van der Waals surface area contributed by atoms with Crippen LogP contribution in [0.3, 0.4) is 0 Å². The van der Waals surface area contributed by atoms with Gasteiger partial charge in [0.25, 0.3) is 5.69 Å². The Morgan fingerprint density at radius 3 is 2.26 bits per heavy atom. The molecule has 0 heterocycles. The van der Waals surface area contributed by atoms with Crippen molar-refractivity contribution < 1.29 is 17.2 Å². The third kappa shape index (κ3) is 4.28. The predicted molar refractivity (Wildman–Crippen MR) is 86.8 cm³/mol. The van der Waals surface area contributed by atoms with Crippen LogP contribution >= 0.6 is 23.2 Å². The van der Waals surface area contributed by atoms with Crippen LogP contribution in [-0.2, 0) is 10.2 Å². The van der Waals surface area contributed by atoms with Crippen LogP contribution in [0.15, 0.2) is 41.3 Å². The van der Waals surface area contributed by atoms with E-state index in [-0.39, 0.29) is 21.3 Å². The van der Waals surface area contributed by atoms with Gasteiger partial charge < -0.3 is 0 Å². The number of rotatable bonds is 4. The molecule has 0 spiro atoms. The maximum atomic E-state index is 13.3. The van der Waals surface area contributed by atoms with E-state index in [0.717, 1.165) is 12.1 Å². The molecule has 0 saturated heterocycles. The Morgan fingerprint density at radius 2 is 1.70 bits per heavy atom. The lowest BCUT2D eigenvalue weighted by Gasteiger charge is -2.03. The second kappa shape index (κ2) is 6.66. The normalized spacial score (nSPS) is 11.8. The number of halogens is 3. The molecule has 0 N–H and O–H groups in total. The van der Waals surface area contributed by atoms with Gasteiger partial charge in [-0.2, -0.15) is 8.42 Å². The number of hydrogen-bond acceptors (Lipinski definition) is 4. The lowest BCUT2D eigenvalue weighted by Crippen LogP contribution is -1.95. The van der Waals surface area contributed by atoms with E-state index < -0.39 is 20.0 Å². The maximum Gasteiger partial charge on any atom is 0.332 e. The van der Waals surface area contributed by atoms with E-state index in [0.29, 0.717) is 5.56 Å². The Hall–Kier alpha value is -1.96. The first-order chi connectivity index (χ1) is 10.7. The number of nitrogens with zero attached hydrogens (tertiary/aromatic N) is 1. The van der Waals surface area contributed by atoms with Crippen molar-refractivity contribution >= 4 is 51.3 Å². The minimum atomic E-state index is -4.91. The Kier molecular flexibility index (Phi) is 5.03.